The summed E-state index contributed by atoms with van der Waals surface area (Å²) in [5, 5.41) is -0.0515. The van der Waals surface area contributed by atoms with Crippen molar-refractivity contribution in [2.24, 2.45) is 0 Å². The summed E-state index contributed by atoms with van der Waals surface area (Å²) in [6.45, 7) is 6.81. The van der Waals surface area contributed by atoms with Gasteiger partial charge in [-0.3, -0.25) is 0 Å². The lowest BCUT2D eigenvalue weighted by atomic mass is 10.2. The largest absolute Gasteiger partial charge is 0.332 e. The van der Waals surface area contributed by atoms with E-state index in [0.717, 1.165) is 23.9 Å². The molecule has 0 radical (unpaired) electrons. The molecule has 0 fully saturated rings. The van der Waals surface area contributed by atoms with Gasteiger partial charge in [-0.15, -0.1) is 0 Å². The van der Waals surface area contributed by atoms with Crippen molar-refractivity contribution in [3.05, 3.63) is 12.0 Å². The molecule has 1 heterocycles. The van der Waals surface area contributed by atoms with E-state index in [1.165, 1.54) is 6.20 Å². The van der Waals surface area contributed by atoms with Gasteiger partial charge in [0.1, 0.15) is 5.82 Å². The average Bonchev–Trinajstić information content (AvgIpc) is 2.61. The van der Waals surface area contributed by atoms with Gasteiger partial charge in [-0.05, 0) is 5.75 Å². The molecule has 7 heteroatoms. The van der Waals surface area contributed by atoms with Crippen molar-refractivity contribution in [2.45, 2.75) is 38.3 Å². The number of hydrogen-bond acceptors (Lipinski definition) is 4. The summed E-state index contributed by atoms with van der Waals surface area (Å²) in [5.74, 6) is 2.93. The van der Waals surface area contributed by atoms with E-state index in [-0.39, 0.29) is 10.9 Å². The quantitative estimate of drug-likeness (QED) is 0.598. The molecule has 17 heavy (non-hydrogen) atoms. The maximum atomic E-state index is 11.2. The third-order valence-corrected chi connectivity index (χ3v) is 4.28. The molecule has 1 rings (SSSR count). The number of aryl methyl sites for hydroxylation is 1. The van der Waals surface area contributed by atoms with Gasteiger partial charge in [0.15, 0.2) is 5.03 Å². The van der Waals surface area contributed by atoms with Gasteiger partial charge in [-0.1, -0.05) is 20.8 Å². The molecule has 0 aliphatic carbocycles. The highest BCUT2D eigenvalue weighted by Crippen LogP contribution is 2.20. The van der Waals surface area contributed by atoms with Gasteiger partial charge in [0.2, 0.25) is 0 Å². The molecule has 0 spiro atoms. The monoisotopic (exact) mass is 296 g/mol. The lowest BCUT2D eigenvalue weighted by molar-refractivity contribution is 0.606. The number of hydrogen-bond donors (Lipinski definition) is 0. The molecule has 0 saturated carbocycles. The highest BCUT2D eigenvalue weighted by Gasteiger charge is 2.19. The van der Waals surface area contributed by atoms with E-state index in [4.69, 9.17) is 10.7 Å². The Bertz CT molecular complexity index is 469. The molecule has 1 aromatic rings. The molecule has 0 atom stereocenters. The number of rotatable bonds is 6. The fourth-order valence-electron chi connectivity index (χ4n) is 1.47. The van der Waals surface area contributed by atoms with Gasteiger partial charge >= 0.3 is 0 Å². The van der Waals surface area contributed by atoms with Crippen LogP contribution in [0.3, 0.4) is 0 Å². The minimum atomic E-state index is -3.74. The predicted octanol–water partition coefficient (Wildman–Crippen LogP) is 2.69. The molecule has 0 bridgehead atoms. The second kappa shape index (κ2) is 6.11. The normalized spacial score (nSPS) is 12.3. The Labute approximate surface area is 111 Å². The number of halogens is 1. The Hall–Kier alpha value is -0.200. The minimum Gasteiger partial charge on any atom is -0.332 e. The summed E-state index contributed by atoms with van der Waals surface area (Å²) < 4.78 is 24.3. The number of nitrogens with zero attached hydrogens (tertiary/aromatic N) is 2. The minimum absolute atomic E-state index is 0.0515. The van der Waals surface area contributed by atoms with Crippen LogP contribution in [0.1, 0.15) is 32.5 Å². The Balaban J connectivity index is 2.98. The maximum Gasteiger partial charge on any atom is 0.280 e. The number of thioether (sulfide) groups is 1. The number of imidazole rings is 1. The smallest absolute Gasteiger partial charge is 0.280 e. The van der Waals surface area contributed by atoms with Crippen LogP contribution in [0.2, 0.25) is 0 Å². The average molecular weight is 297 g/mol. The van der Waals surface area contributed by atoms with Crippen molar-refractivity contribution < 1.29 is 8.42 Å². The van der Waals surface area contributed by atoms with Crippen LogP contribution in [0.4, 0.5) is 0 Å². The van der Waals surface area contributed by atoms with Crippen molar-refractivity contribution in [3.8, 4) is 0 Å². The molecule has 98 valence electrons. The van der Waals surface area contributed by atoms with Crippen molar-refractivity contribution in [1.82, 2.24) is 9.55 Å². The molecule has 4 nitrogen and oxygen atoms in total. The Kier molecular flexibility index (Phi) is 5.34. The fraction of sp³-hybridized carbons (Fsp3) is 0.700. The zero-order valence-corrected chi connectivity index (χ0v) is 12.6. The Morgan fingerprint density at radius 3 is 2.65 bits per heavy atom. The van der Waals surface area contributed by atoms with E-state index < -0.39 is 9.05 Å². The first-order valence-corrected chi connectivity index (χ1v) is 8.92. The molecule has 0 N–H and O–H groups in total. The SMILES string of the molecule is CCSCCn1cc(S(=O)(=O)Cl)nc1C(C)C. The van der Waals surface area contributed by atoms with Crippen LogP contribution in [0.5, 0.6) is 0 Å². The third kappa shape index (κ3) is 4.19. The fourth-order valence-corrected chi connectivity index (χ4v) is 2.76. The van der Waals surface area contributed by atoms with Gasteiger partial charge in [0.05, 0.1) is 0 Å². The van der Waals surface area contributed by atoms with Gasteiger partial charge in [0.25, 0.3) is 9.05 Å². The van der Waals surface area contributed by atoms with E-state index in [1.807, 2.05) is 30.2 Å². The Morgan fingerprint density at radius 1 is 1.53 bits per heavy atom. The maximum absolute atomic E-state index is 11.2. The van der Waals surface area contributed by atoms with Crippen LogP contribution in [0, 0.1) is 0 Å². The summed E-state index contributed by atoms with van der Waals surface area (Å²) >= 11 is 1.81. The molecular formula is C10H17ClN2O2S2. The van der Waals surface area contributed by atoms with Gasteiger partial charge in [-0.25, -0.2) is 13.4 Å². The van der Waals surface area contributed by atoms with Crippen LogP contribution in [-0.4, -0.2) is 29.5 Å². The van der Waals surface area contributed by atoms with Crippen molar-refractivity contribution >= 4 is 31.5 Å². The van der Waals surface area contributed by atoms with Crippen molar-refractivity contribution in [3.63, 3.8) is 0 Å². The zero-order valence-electron chi connectivity index (χ0n) is 10.2. The summed E-state index contributed by atoms with van der Waals surface area (Å²) in [5.41, 5.74) is 0. The van der Waals surface area contributed by atoms with Crippen LogP contribution in [-0.2, 0) is 15.6 Å². The van der Waals surface area contributed by atoms with Gasteiger partial charge in [-0.2, -0.15) is 11.8 Å². The summed E-state index contributed by atoms with van der Waals surface area (Å²) in [6.07, 6.45) is 1.52. The van der Waals surface area contributed by atoms with Gasteiger partial charge in [0, 0.05) is 35.1 Å². The first-order valence-electron chi connectivity index (χ1n) is 5.45. The molecule has 0 unspecified atom stereocenters. The molecule has 0 aromatic carbocycles. The van der Waals surface area contributed by atoms with Crippen LogP contribution >= 0.6 is 22.4 Å². The van der Waals surface area contributed by atoms with E-state index in [2.05, 4.69) is 11.9 Å². The molecule has 0 saturated heterocycles. The van der Waals surface area contributed by atoms with E-state index in [1.54, 1.807) is 0 Å². The predicted molar refractivity (Wildman–Crippen MR) is 72.4 cm³/mol. The van der Waals surface area contributed by atoms with E-state index >= 15 is 0 Å². The first-order chi connectivity index (χ1) is 7.86. The Morgan fingerprint density at radius 2 is 2.18 bits per heavy atom. The summed E-state index contributed by atoms with van der Waals surface area (Å²) in [7, 11) is 1.57. The lowest BCUT2D eigenvalue weighted by Crippen LogP contribution is -2.06. The highest BCUT2D eigenvalue weighted by atomic mass is 35.7. The molecular weight excluding hydrogens is 280 g/mol. The summed E-state index contributed by atoms with van der Waals surface area (Å²) in [4.78, 5) is 4.09. The topological polar surface area (TPSA) is 52.0 Å². The van der Waals surface area contributed by atoms with Crippen molar-refractivity contribution in [1.29, 1.82) is 0 Å². The third-order valence-electron chi connectivity index (χ3n) is 2.23. The van der Waals surface area contributed by atoms with Crippen LogP contribution in [0.25, 0.3) is 0 Å². The highest BCUT2D eigenvalue weighted by molar-refractivity contribution is 8.13. The van der Waals surface area contributed by atoms with Crippen LogP contribution in [0.15, 0.2) is 11.2 Å². The second-order valence-electron chi connectivity index (χ2n) is 3.92. The first kappa shape index (κ1) is 14.9. The molecule has 0 aliphatic rings. The zero-order chi connectivity index (χ0) is 13.1. The lowest BCUT2D eigenvalue weighted by Gasteiger charge is -2.08. The van der Waals surface area contributed by atoms with Gasteiger partial charge < -0.3 is 4.57 Å². The molecule has 0 aliphatic heterocycles. The van der Waals surface area contributed by atoms with Crippen LogP contribution < -0.4 is 0 Å². The molecule has 0 amide bonds. The second-order valence-corrected chi connectivity index (χ2v) is 7.83. The van der Waals surface area contributed by atoms with E-state index in [9.17, 15) is 8.42 Å². The van der Waals surface area contributed by atoms with E-state index in [0.29, 0.717) is 0 Å². The standard InChI is InChI=1S/C10H17ClN2O2S2/c1-4-16-6-5-13-7-9(17(11,14)15)12-10(13)8(2)3/h7-8H,4-6H2,1-3H3. The molecule has 1 aromatic heterocycles. The summed E-state index contributed by atoms with van der Waals surface area (Å²) in [6, 6.07) is 0. The van der Waals surface area contributed by atoms with Crippen molar-refractivity contribution in [2.75, 3.05) is 11.5 Å². The number of aromatic nitrogens is 2.